The summed E-state index contributed by atoms with van der Waals surface area (Å²) in [6, 6.07) is 14.3. The predicted octanol–water partition coefficient (Wildman–Crippen LogP) is 4.57. The van der Waals surface area contributed by atoms with Gasteiger partial charge in [-0.25, -0.2) is 0 Å². The summed E-state index contributed by atoms with van der Waals surface area (Å²) >= 11 is 5.94. The average molecular weight is 246 g/mol. The third-order valence-corrected chi connectivity index (χ3v) is 3.13. The summed E-state index contributed by atoms with van der Waals surface area (Å²) in [6.07, 6.45) is 0. The first-order valence-corrected chi connectivity index (χ1v) is 6.08. The van der Waals surface area contributed by atoms with Gasteiger partial charge in [0.15, 0.2) is 0 Å². The van der Waals surface area contributed by atoms with E-state index < -0.39 is 0 Å². The van der Waals surface area contributed by atoms with Crippen LogP contribution in [0, 0.1) is 13.8 Å². The van der Waals surface area contributed by atoms with Crippen molar-refractivity contribution >= 4 is 17.3 Å². The third kappa shape index (κ3) is 3.24. The van der Waals surface area contributed by atoms with E-state index in [-0.39, 0.29) is 0 Å². The first kappa shape index (κ1) is 12.0. The Morgan fingerprint density at radius 2 is 1.82 bits per heavy atom. The Morgan fingerprint density at radius 1 is 1.00 bits per heavy atom. The van der Waals surface area contributed by atoms with Crippen LogP contribution in [0.3, 0.4) is 0 Å². The molecule has 0 saturated heterocycles. The van der Waals surface area contributed by atoms with Crippen LogP contribution in [-0.2, 0) is 6.54 Å². The Labute approximate surface area is 107 Å². The van der Waals surface area contributed by atoms with Crippen molar-refractivity contribution in [3.05, 3.63) is 64.2 Å². The summed E-state index contributed by atoms with van der Waals surface area (Å²) < 4.78 is 0. The molecule has 0 fully saturated rings. The highest BCUT2D eigenvalue weighted by Gasteiger charge is 1.97. The molecule has 88 valence electrons. The first-order valence-electron chi connectivity index (χ1n) is 5.71. The maximum absolute atomic E-state index is 5.94. The fraction of sp³-hybridized carbons (Fsp3) is 0.200. The van der Waals surface area contributed by atoms with Gasteiger partial charge < -0.3 is 5.32 Å². The van der Waals surface area contributed by atoms with E-state index >= 15 is 0 Å². The largest absolute Gasteiger partial charge is 0.381 e. The molecule has 0 atom stereocenters. The van der Waals surface area contributed by atoms with E-state index in [4.69, 9.17) is 11.6 Å². The van der Waals surface area contributed by atoms with Crippen molar-refractivity contribution in [1.29, 1.82) is 0 Å². The van der Waals surface area contributed by atoms with Gasteiger partial charge >= 0.3 is 0 Å². The van der Waals surface area contributed by atoms with Gasteiger partial charge in [-0.3, -0.25) is 0 Å². The van der Waals surface area contributed by atoms with Gasteiger partial charge in [0.2, 0.25) is 0 Å². The highest BCUT2D eigenvalue weighted by molar-refractivity contribution is 6.30. The Morgan fingerprint density at radius 3 is 2.53 bits per heavy atom. The van der Waals surface area contributed by atoms with E-state index in [2.05, 4.69) is 43.4 Å². The monoisotopic (exact) mass is 245 g/mol. The van der Waals surface area contributed by atoms with E-state index in [0.29, 0.717) is 0 Å². The fourth-order valence-electron chi connectivity index (χ4n) is 1.70. The molecule has 17 heavy (non-hydrogen) atoms. The zero-order valence-electron chi connectivity index (χ0n) is 10.1. The van der Waals surface area contributed by atoms with Crippen molar-refractivity contribution in [2.24, 2.45) is 0 Å². The molecule has 2 heteroatoms. The minimum absolute atomic E-state index is 0.782. The minimum atomic E-state index is 0.782. The van der Waals surface area contributed by atoms with Crippen LogP contribution in [0.25, 0.3) is 0 Å². The molecule has 2 aromatic rings. The Balaban J connectivity index is 2.05. The van der Waals surface area contributed by atoms with Gasteiger partial charge in [0.25, 0.3) is 0 Å². The molecular weight excluding hydrogens is 230 g/mol. The van der Waals surface area contributed by atoms with Gasteiger partial charge in [-0.1, -0.05) is 29.8 Å². The Hall–Kier alpha value is -1.47. The SMILES string of the molecule is Cc1ccc(NCc2cccc(Cl)c2)cc1C. The molecule has 0 heterocycles. The smallest absolute Gasteiger partial charge is 0.0409 e. The van der Waals surface area contributed by atoms with Gasteiger partial charge in [0.1, 0.15) is 0 Å². The molecule has 0 aliphatic heterocycles. The van der Waals surface area contributed by atoms with E-state index in [0.717, 1.165) is 17.3 Å². The van der Waals surface area contributed by atoms with E-state index in [1.165, 1.54) is 16.7 Å². The van der Waals surface area contributed by atoms with Crippen LogP contribution in [0.5, 0.6) is 0 Å². The third-order valence-electron chi connectivity index (χ3n) is 2.89. The molecule has 0 saturated carbocycles. The van der Waals surface area contributed by atoms with Crippen LogP contribution in [-0.4, -0.2) is 0 Å². The van der Waals surface area contributed by atoms with Crippen LogP contribution in [0.4, 0.5) is 5.69 Å². The topological polar surface area (TPSA) is 12.0 Å². The number of anilines is 1. The van der Waals surface area contributed by atoms with E-state index in [1.807, 2.05) is 18.2 Å². The summed E-state index contributed by atoms with van der Waals surface area (Å²) in [4.78, 5) is 0. The summed E-state index contributed by atoms with van der Waals surface area (Å²) in [5.41, 5.74) is 4.96. The lowest BCUT2D eigenvalue weighted by Gasteiger charge is -2.09. The van der Waals surface area contributed by atoms with Crippen molar-refractivity contribution < 1.29 is 0 Å². The molecule has 0 aromatic heterocycles. The van der Waals surface area contributed by atoms with Crippen molar-refractivity contribution in [3.63, 3.8) is 0 Å². The van der Waals surface area contributed by atoms with Crippen LogP contribution < -0.4 is 5.32 Å². The first-order chi connectivity index (χ1) is 8.15. The zero-order valence-corrected chi connectivity index (χ0v) is 10.9. The van der Waals surface area contributed by atoms with Crippen LogP contribution in [0.1, 0.15) is 16.7 Å². The Kier molecular flexibility index (Phi) is 3.70. The number of halogens is 1. The number of benzene rings is 2. The van der Waals surface area contributed by atoms with Gasteiger partial charge in [-0.05, 0) is 54.8 Å². The van der Waals surface area contributed by atoms with Crippen LogP contribution in [0.15, 0.2) is 42.5 Å². The second-order valence-electron chi connectivity index (χ2n) is 4.28. The minimum Gasteiger partial charge on any atom is -0.381 e. The summed E-state index contributed by atoms with van der Waals surface area (Å²) in [7, 11) is 0. The quantitative estimate of drug-likeness (QED) is 0.835. The lowest BCUT2D eigenvalue weighted by atomic mass is 10.1. The number of aryl methyl sites for hydroxylation is 2. The van der Waals surface area contributed by atoms with Gasteiger partial charge in [0, 0.05) is 17.3 Å². The van der Waals surface area contributed by atoms with Gasteiger partial charge in [-0.15, -0.1) is 0 Å². The van der Waals surface area contributed by atoms with Crippen molar-refractivity contribution in [1.82, 2.24) is 0 Å². The molecule has 0 bridgehead atoms. The maximum atomic E-state index is 5.94. The normalized spacial score (nSPS) is 10.3. The molecular formula is C15H16ClN. The number of hydrogen-bond acceptors (Lipinski definition) is 1. The molecule has 2 aromatic carbocycles. The van der Waals surface area contributed by atoms with Crippen molar-refractivity contribution in [2.45, 2.75) is 20.4 Å². The van der Waals surface area contributed by atoms with Gasteiger partial charge in [-0.2, -0.15) is 0 Å². The number of hydrogen-bond donors (Lipinski definition) is 1. The number of nitrogens with one attached hydrogen (secondary N) is 1. The molecule has 0 radical (unpaired) electrons. The maximum Gasteiger partial charge on any atom is 0.0409 e. The molecule has 2 rings (SSSR count). The molecule has 0 aliphatic rings. The van der Waals surface area contributed by atoms with Gasteiger partial charge in [0.05, 0.1) is 0 Å². The highest BCUT2D eigenvalue weighted by Crippen LogP contribution is 2.16. The lowest BCUT2D eigenvalue weighted by Crippen LogP contribution is -1.99. The summed E-state index contributed by atoms with van der Waals surface area (Å²) in [5, 5.41) is 4.18. The second-order valence-corrected chi connectivity index (χ2v) is 4.72. The number of rotatable bonds is 3. The molecule has 0 amide bonds. The molecule has 0 spiro atoms. The molecule has 1 N–H and O–H groups in total. The van der Waals surface area contributed by atoms with E-state index in [1.54, 1.807) is 0 Å². The average Bonchev–Trinajstić information content (AvgIpc) is 2.31. The molecule has 0 aliphatic carbocycles. The highest BCUT2D eigenvalue weighted by atomic mass is 35.5. The second kappa shape index (κ2) is 5.24. The van der Waals surface area contributed by atoms with Crippen LogP contribution >= 0.6 is 11.6 Å². The van der Waals surface area contributed by atoms with E-state index in [9.17, 15) is 0 Å². The molecule has 1 nitrogen and oxygen atoms in total. The summed E-state index contributed by atoms with van der Waals surface area (Å²) in [6.45, 7) is 5.04. The van der Waals surface area contributed by atoms with Crippen molar-refractivity contribution in [2.75, 3.05) is 5.32 Å². The lowest BCUT2D eigenvalue weighted by molar-refractivity contribution is 1.14. The Bertz CT molecular complexity index is 520. The van der Waals surface area contributed by atoms with Crippen LogP contribution in [0.2, 0.25) is 5.02 Å². The fourth-order valence-corrected chi connectivity index (χ4v) is 1.92. The summed E-state index contributed by atoms with van der Waals surface area (Å²) in [5.74, 6) is 0. The molecule has 0 unspecified atom stereocenters. The van der Waals surface area contributed by atoms with Crippen molar-refractivity contribution in [3.8, 4) is 0 Å². The standard InChI is InChI=1S/C15H16ClN/c1-11-6-7-15(8-12(11)2)17-10-13-4-3-5-14(16)9-13/h3-9,17H,10H2,1-2H3. The zero-order chi connectivity index (χ0) is 12.3. The predicted molar refractivity (Wildman–Crippen MR) is 74.7 cm³/mol.